The Labute approximate surface area is 764 Å². The molecule has 0 atom stereocenters. The van der Waals surface area contributed by atoms with Crippen molar-refractivity contribution < 1.29 is 103 Å². The first-order valence-electron chi connectivity index (χ1n) is 61.3. The largest absolute Gasteiger partial charge is 0.510 e. The summed E-state index contributed by atoms with van der Waals surface area (Å²) in [6.07, 6.45) is 4.77. The van der Waals surface area contributed by atoms with Crippen LogP contribution in [0.2, 0.25) is 0 Å². The minimum absolute atomic E-state index is 0. The summed E-state index contributed by atoms with van der Waals surface area (Å²) in [5.74, 6) is 0.00705. The smallest absolute Gasteiger partial charge is 0.268 e. The molecule has 0 saturated carbocycles. The molecule has 5 nitrogen and oxygen atoms in total. The van der Waals surface area contributed by atoms with Gasteiger partial charge in [-0.2, -0.15) is 18.2 Å². The van der Waals surface area contributed by atoms with Crippen molar-refractivity contribution in [3.63, 3.8) is 0 Å². The Kier molecular flexibility index (Phi) is 9.56. The van der Waals surface area contributed by atoms with E-state index in [1.807, 2.05) is 49.6 Å². The Bertz CT molecular complexity index is 9080. The van der Waals surface area contributed by atoms with Crippen LogP contribution < -0.4 is 71.5 Å². The molecule has 0 saturated heterocycles. The number of nitrogens with zero attached hydrogens (tertiary/aromatic N) is 4. The van der Waals surface area contributed by atoms with E-state index in [1.54, 1.807) is 24.4 Å². The number of fused-ring (bicyclic) bond motifs is 4. The molecule has 0 amide bonds. The van der Waals surface area contributed by atoms with E-state index in [0.717, 1.165) is 51.1 Å². The van der Waals surface area contributed by atoms with Gasteiger partial charge in [-0.1, -0.05) is 401 Å². The van der Waals surface area contributed by atoms with Crippen LogP contribution in [-0.2, 0) is 26.5 Å². The fraction of sp³-hybridized carbons (Fsp3) is 0.0377. The molecule has 0 fully saturated rings. The molecule has 554 valence electrons. The quantitative estimate of drug-likeness (QED) is 0.0350. The molecule has 0 N–H and O–H groups in total. The maximum atomic E-state index is 11.6. The normalized spacial score (nSPS) is 18.3. The first kappa shape index (κ1) is 35.2. The van der Waals surface area contributed by atoms with Gasteiger partial charge in [0, 0.05) is 44.3 Å². The second-order valence-electron chi connectivity index (χ2n) is 26.5. The molecule has 19 aromatic rings. The molecule has 0 unspecified atom stereocenters. The molecular formula is C106H80N4OPtSi3-2. The van der Waals surface area contributed by atoms with E-state index in [1.165, 1.54) is 24.3 Å². The van der Waals surface area contributed by atoms with Gasteiger partial charge in [-0.25, -0.2) is 4.98 Å². The molecular weight excluding hydrogens is 1620 g/mol. The molecule has 0 bridgehead atoms. The number of rotatable bonds is 19. The van der Waals surface area contributed by atoms with Crippen LogP contribution in [0.15, 0.2) is 430 Å². The van der Waals surface area contributed by atoms with Gasteiger partial charge in [0.1, 0.15) is 5.82 Å². The molecule has 9 heteroatoms. The predicted octanol–water partition coefficient (Wildman–Crippen LogP) is 16.4. The number of ether oxygens (including phenoxy) is 1. The molecule has 19 rings (SSSR count). The maximum Gasteiger partial charge on any atom is 0.268 e. The summed E-state index contributed by atoms with van der Waals surface area (Å²) in [6, 6.07) is -43.7. The Morgan fingerprint density at radius 3 is 1.22 bits per heavy atom. The fourth-order valence-corrected chi connectivity index (χ4v) is 25.3. The molecule has 0 aliphatic rings. The first-order chi connectivity index (χ1) is 78.2. The molecule has 0 aliphatic heterocycles. The van der Waals surface area contributed by atoms with E-state index in [2.05, 4.69) is 18.5 Å². The topological polar surface area (TPSA) is 35.9 Å². The summed E-state index contributed by atoms with van der Waals surface area (Å²) in [7, 11) is -20.6. The van der Waals surface area contributed by atoms with Crippen LogP contribution in [0.4, 0.5) is 0 Å². The molecule has 0 spiro atoms. The average Bonchev–Trinajstić information content (AvgIpc) is 0.994. The number of hydrogen-bond donors (Lipinski definition) is 0. The summed E-state index contributed by atoms with van der Waals surface area (Å²) < 4.78 is 534. The van der Waals surface area contributed by atoms with Gasteiger partial charge in [0.15, 0.2) is 24.2 Å². The molecule has 3 heterocycles. The predicted molar refractivity (Wildman–Crippen MR) is 480 cm³/mol. The molecule has 0 radical (unpaired) electrons. The number of hydrogen-bond acceptors (Lipinski definition) is 2. The fourth-order valence-electron chi connectivity index (χ4n) is 14.4. The monoisotopic (exact) mass is 1760 g/mol. The third-order valence-electron chi connectivity index (χ3n) is 19.4. The van der Waals surface area contributed by atoms with Crippen LogP contribution in [0.3, 0.4) is 0 Å². The zero-order valence-electron chi connectivity index (χ0n) is 113. The second-order valence-corrected chi connectivity index (χ2v) is 37.1. The van der Waals surface area contributed by atoms with Crippen molar-refractivity contribution in [2.45, 2.75) is 26.2 Å². The van der Waals surface area contributed by atoms with Crippen molar-refractivity contribution in [1.82, 2.24) is 14.1 Å². The van der Waals surface area contributed by atoms with Crippen molar-refractivity contribution in [1.29, 1.82) is 0 Å². The Hall–Kier alpha value is -12.9. The minimum Gasteiger partial charge on any atom is -0.510 e. The summed E-state index contributed by atoms with van der Waals surface area (Å²) >= 11 is 0. The van der Waals surface area contributed by atoms with Gasteiger partial charge < -0.3 is 13.9 Å². The summed E-state index contributed by atoms with van der Waals surface area (Å²) in [5.41, 5.74) is -6.02. The van der Waals surface area contributed by atoms with Gasteiger partial charge in [0.05, 0.1) is 89.4 Å². The van der Waals surface area contributed by atoms with E-state index < -0.39 is 457 Å². The third-order valence-corrected chi connectivity index (χ3v) is 31.6. The molecule has 16 aromatic carbocycles. The first-order valence-corrected chi connectivity index (χ1v) is 40.8. The van der Waals surface area contributed by atoms with Crippen molar-refractivity contribution in [2.24, 2.45) is 0 Å². The average molecular weight is 1760 g/mol. The van der Waals surface area contributed by atoms with Crippen LogP contribution in [0, 0.1) is 18.5 Å². The van der Waals surface area contributed by atoms with Crippen molar-refractivity contribution in [3.05, 3.63) is 454 Å². The van der Waals surface area contributed by atoms with E-state index >= 15 is 0 Å². The SMILES string of the molecule is [2H]c1c([2H])c([2H])c([Si](c2ccc3c(c2)n(-c2[c-]c(Oc4[c-]c5c(cc4)c4ccccc4n5-c4cc(C(C)(C)C)ccn4)ccc2)[c-][n+]3-c2c(-c3c([2H])c([2H])c([2H])c([Si](c4c([2H])c([2H])c([2H])c([2H])c4[2H])(c4c([2H])c([2H])c([2H])c([2H])c4[2H])c4c([2H])c([2H])c([2H])c([2H])c4[2H])c3[2H])cccc2-c2c([2H])c([2H])c([2H])c([Si](c3c([2H])c([2H])c([2H])c([2H])c3[2H])(c3c([2H])c([2H])c([2H])c([2H])c3[2H])c3c([2H])c([2H])c([2H])c([2H])c3[2H])c2[2H])(c2c([2H])c([2H])c([2H])c([2H])c2[2H])c2c([2H])c([2H])c([2H])c([2H])c2[2H])c([2H])c1[2H].[Pt]. The van der Waals surface area contributed by atoms with Crippen LogP contribution in [0.1, 0.15) is 99.0 Å². The number of benzene rings is 16. The maximum absolute atomic E-state index is 11.6. The number of aromatic nitrogens is 4. The van der Waals surface area contributed by atoms with E-state index in [-0.39, 0.29) is 32.6 Å². The molecule has 0 aliphatic carbocycles. The third kappa shape index (κ3) is 13.0. The van der Waals surface area contributed by atoms with Gasteiger partial charge in [0.25, 0.3) is 6.33 Å². The van der Waals surface area contributed by atoms with Gasteiger partial charge in [-0.05, 0) is 125 Å². The van der Waals surface area contributed by atoms with Crippen molar-refractivity contribution >= 4 is 119 Å². The molecule has 3 aromatic heterocycles. The summed E-state index contributed by atoms with van der Waals surface area (Å²) in [5, 5.41) is -14.0. The van der Waals surface area contributed by atoms with Gasteiger partial charge in [0.2, 0.25) is 0 Å². The van der Waals surface area contributed by atoms with Crippen LogP contribution in [-0.4, -0.2) is 38.3 Å². The Morgan fingerprint density at radius 1 is 0.365 bits per heavy atom. The van der Waals surface area contributed by atoms with Crippen LogP contribution >= 0.6 is 0 Å². The van der Waals surface area contributed by atoms with Crippen molar-refractivity contribution in [3.8, 4) is 50.9 Å². The Morgan fingerprint density at radius 2 is 0.774 bits per heavy atom. The van der Waals surface area contributed by atoms with Gasteiger partial charge >= 0.3 is 0 Å². The standard InChI is InChI=1S/C106H80N4OSi3.Pt/c1-106(2,3)80-69-70-107-104(73-80)110-100-64-32-31-61-98(100)99-67-65-83(75-102(99)110)111-82-40-35-39-81(74-82)108-77-109(101-68-66-95(76-103(101)108)114(90-53-25-10-26-54-90,91-55-27-11-28-56-91)92-57-29-12-30-58-92)105-96(78-37-33-59-93(71-78)112(84-41-13-4-14-42-84,85-43-15-5-16-44-85)86-45-17-6-18-46-86)62-36-63-97(105)79-38-34-60-94(72-79)113(87-47-19-7-20-48-87,88-49-21-8-22-50-88)89-51-23-9-24-52-89;/h4-73,76H,1-3H3;/q-2;/i4D,5D,6D,7D,8D,9D,10D,11D,12D,13D,14D,15D,16D,17D,18D,19D,20D,21D,22D,23D,24D,25D,26D,27D,28D,29D,30D,33D,34D,37D,38D,41D,42D,43D,44D,45D,46D,47D,48D,49D,50D,51D,52D,53D,54D,55D,56D,57D,58D,59D,60D,71D,72D;. The van der Waals surface area contributed by atoms with E-state index in [9.17, 15) is 60.3 Å². The van der Waals surface area contributed by atoms with E-state index in [4.69, 9.17) is 22.1 Å². The van der Waals surface area contributed by atoms with Crippen LogP contribution in [0.5, 0.6) is 11.5 Å². The summed E-state index contributed by atoms with van der Waals surface area (Å²) in [6.45, 7) is 5.98. The number of para-hydroxylation sites is 2. The summed E-state index contributed by atoms with van der Waals surface area (Å²) in [4.78, 5) is 4.81. The minimum atomic E-state index is -7.06. The number of imidazole rings is 1. The zero-order valence-corrected chi connectivity index (χ0v) is 65.2. The number of pyridine rings is 1. The van der Waals surface area contributed by atoms with Gasteiger partial charge in [-0.3, -0.25) is 4.57 Å². The van der Waals surface area contributed by atoms with Gasteiger partial charge in [-0.15, -0.1) is 29.7 Å². The molecule has 115 heavy (non-hydrogen) atoms. The second kappa shape index (κ2) is 31.2. The zero-order chi connectivity index (χ0) is 123. The Balaban J connectivity index is 0.0000180. The van der Waals surface area contributed by atoms with E-state index in [0.29, 0.717) is 27.6 Å². The van der Waals surface area contributed by atoms with Crippen molar-refractivity contribution in [2.75, 3.05) is 0 Å². The van der Waals surface area contributed by atoms with Crippen LogP contribution in [0.25, 0.3) is 72.3 Å².